The van der Waals surface area contributed by atoms with Gasteiger partial charge in [0, 0.05) is 22.8 Å². The van der Waals surface area contributed by atoms with Gasteiger partial charge in [-0.25, -0.2) is 9.67 Å². The molecule has 112 valence electrons. The second kappa shape index (κ2) is 5.78. The number of rotatable bonds is 2. The zero-order valence-corrected chi connectivity index (χ0v) is 13.5. The van der Waals surface area contributed by atoms with Crippen LogP contribution >= 0.6 is 15.9 Å². The molecule has 0 saturated carbocycles. The molecule has 1 aliphatic heterocycles. The van der Waals surface area contributed by atoms with Crippen molar-refractivity contribution in [2.24, 2.45) is 0 Å². The zero-order valence-electron chi connectivity index (χ0n) is 11.9. The number of aromatic nitrogens is 4. The summed E-state index contributed by atoms with van der Waals surface area (Å²) in [6.45, 7) is 0.809. The summed E-state index contributed by atoms with van der Waals surface area (Å²) in [5.41, 5.74) is 3.54. The molecular weight excluding hydrogens is 344 g/mol. The van der Waals surface area contributed by atoms with E-state index in [0.717, 1.165) is 46.2 Å². The Morgan fingerprint density at radius 2 is 2.14 bits per heavy atom. The number of nitrogens with zero attached hydrogens (tertiary/aromatic N) is 4. The molecule has 0 aliphatic carbocycles. The lowest BCUT2D eigenvalue weighted by Crippen LogP contribution is -2.18. The van der Waals surface area contributed by atoms with Crippen LogP contribution in [0.1, 0.15) is 25.5 Å². The van der Waals surface area contributed by atoms with Crippen LogP contribution in [-0.4, -0.2) is 26.4 Å². The van der Waals surface area contributed by atoms with Crippen LogP contribution in [0, 0.1) is 0 Å². The molecule has 22 heavy (non-hydrogen) atoms. The average Bonchev–Trinajstić information content (AvgIpc) is 3.05. The minimum absolute atomic E-state index is 0.0464. The third-order valence-corrected chi connectivity index (χ3v) is 4.35. The van der Waals surface area contributed by atoms with Crippen molar-refractivity contribution < 1.29 is 4.74 Å². The minimum atomic E-state index is 0.0464. The van der Waals surface area contributed by atoms with Gasteiger partial charge in [0.1, 0.15) is 6.23 Å². The van der Waals surface area contributed by atoms with Crippen LogP contribution in [0.25, 0.3) is 22.3 Å². The van der Waals surface area contributed by atoms with Gasteiger partial charge in [-0.2, -0.15) is 5.10 Å². The van der Waals surface area contributed by atoms with E-state index in [1.165, 1.54) is 6.42 Å². The summed E-state index contributed by atoms with van der Waals surface area (Å²) >= 11 is 3.47. The normalized spacial score (nSPS) is 18.7. The zero-order chi connectivity index (χ0) is 14.9. The summed E-state index contributed by atoms with van der Waals surface area (Å²) in [6.07, 6.45) is 8.98. The van der Waals surface area contributed by atoms with Gasteiger partial charge >= 0.3 is 0 Å². The van der Waals surface area contributed by atoms with Crippen LogP contribution in [0.3, 0.4) is 0 Å². The van der Waals surface area contributed by atoms with Gasteiger partial charge in [0.25, 0.3) is 0 Å². The van der Waals surface area contributed by atoms with Crippen LogP contribution in [0.4, 0.5) is 0 Å². The van der Waals surface area contributed by atoms with Crippen molar-refractivity contribution in [2.45, 2.75) is 25.5 Å². The molecule has 1 atom stereocenters. The Kier molecular flexibility index (Phi) is 3.63. The van der Waals surface area contributed by atoms with Crippen LogP contribution in [0.2, 0.25) is 0 Å². The van der Waals surface area contributed by atoms with Gasteiger partial charge in [0.2, 0.25) is 0 Å². The Balaban J connectivity index is 1.68. The first-order valence-electron chi connectivity index (χ1n) is 7.38. The highest BCUT2D eigenvalue weighted by atomic mass is 79.9. The molecule has 1 aromatic carbocycles. The SMILES string of the molecule is Brc1ccc2ncc(-c3cnn(C4CCCCO4)c3)nc2c1. The van der Waals surface area contributed by atoms with Gasteiger partial charge in [-0.3, -0.25) is 4.98 Å². The quantitative estimate of drug-likeness (QED) is 0.695. The third-order valence-electron chi connectivity index (χ3n) is 3.85. The lowest BCUT2D eigenvalue weighted by molar-refractivity contribution is -0.0394. The van der Waals surface area contributed by atoms with E-state index < -0.39 is 0 Å². The fraction of sp³-hybridized carbons (Fsp3) is 0.312. The second-order valence-corrected chi connectivity index (χ2v) is 6.33. The number of hydrogen-bond acceptors (Lipinski definition) is 4. The van der Waals surface area contributed by atoms with Crippen LogP contribution in [0.15, 0.2) is 41.3 Å². The molecule has 0 N–H and O–H groups in total. The molecular formula is C16H15BrN4O. The average molecular weight is 359 g/mol. The monoisotopic (exact) mass is 358 g/mol. The Labute approximate surface area is 136 Å². The number of ether oxygens (including phenoxy) is 1. The molecule has 3 heterocycles. The Hall–Kier alpha value is -1.79. The largest absolute Gasteiger partial charge is 0.357 e. The molecule has 4 rings (SSSR count). The van der Waals surface area contributed by atoms with Crippen molar-refractivity contribution in [2.75, 3.05) is 6.61 Å². The van der Waals surface area contributed by atoms with E-state index in [0.29, 0.717) is 0 Å². The predicted molar refractivity (Wildman–Crippen MR) is 87.3 cm³/mol. The standard InChI is InChI=1S/C16H15BrN4O/c17-12-4-5-13-14(7-12)20-15(9-18-13)11-8-19-21(10-11)16-3-1-2-6-22-16/h4-5,7-10,16H,1-3,6H2. The van der Waals surface area contributed by atoms with Gasteiger partial charge in [-0.05, 0) is 37.5 Å². The molecule has 0 radical (unpaired) electrons. The molecule has 1 saturated heterocycles. The number of hydrogen-bond donors (Lipinski definition) is 0. The van der Waals surface area contributed by atoms with Crippen molar-refractivity contribution in [1.82, 2.24) is 19.7 Å². The van der Waals surface area contributed by atoms with Gasteiger partial charge in [-0.15, -0.1) is 0 Å². The van der Waals surface area contributed by atoms with Crippen LogP contribution < -0.4 is 0 Å². The first-order valence-corrected chi connectivity index (χ1v) is 8.17. The number of fused-ring (bicyclic) bond motifs is 1. The number of halogens is 1. The lowest BCUT2D eigenvalue weighted by atomic mass is 10.2. The number of benzene rings is 1. The first kappa shape index (κ1) is 13.8. The van der Waals surface area contributed by atoms with Crippen molar-refractivity contribution in [3.05, 3.63) is 41.3 Å². The fourth-order valence-corrected chi connectivity index (χ4v) is 3.03. The maximum Gasteiger partial charge on any atom is 0.150 e. The first-order chi connectivity index (χ1) is 10.8. The van der Waals surface area contributed by atoms with E-state index in [1.54, 1.807) is 6.20 Å². The molecule has 3 aromatic rings. The molecule has 1 fully saturated rings. The van der Waals surface area contributed by atoms with Gasteiger partial charge in [-0.1, -0.05) is 15.9 Å². The summed E-state index contributed by atoms with van der Waals surface area (Å²) in [7, 11) is 0. The summed E-state index contributed by atoms with van der Waals surface area (Å²) in [5.74, 6) is 0. The fourth-order valence-electron chi connectivity index (χ4n) is 2.68. The highest BCUT2D eigenvalue weighted by Crippen LogP contribution is 2.25. The van der Waals surface area contributed by atoms with Crippen molar-refractivity contribution in [3.63, 3.8) is 0 Å². The van der Waals surface area contributed by atoms with E-state index >= 15 is 0 Å². The van der Waals surface area contributed by atoms with Gasteiger partial charge in [0.05, 0.1) is 29.1 Å². The van der Waals surface area contributed by atoms with Crippen molar-refractivity contribution in [1.29, 1.82) is 0 Å². The molecule has 5 nitrogen and oxygen atoms in total. The smallest absolute Gasteiger partial charge is 0.150 e. The molecule has 2 aromatic heterocycles. The Morgan fingerprint density at radius 3 is 3.00 bits per heavy atom. The van der Waals surface area contributed by atoms with Crippen LogP contribution in [-0.2, 0) is 4.74 Å². The van der Waals surface area contributed by atoms with E-state index in [4.69, 9.17) is 4.74 Å². The Bertz CT molecular complexity index is 811. The summed E-state index contributed by atoms with van der Waals surface area (Å²) < 4.78 is 8.65. The molecule has 6 heteroatoms. The Morgan fingerprint density at radius 1 is 1.18 bits per heavy atom. The van der Waals surface area contributed by atoms with E-state index in [-0.39, 0.29) is 6.23 Å². The third kappa shape index (κ3) is 2.64. The second-order valence-electron chi connectivity index (χ2n) is 5.42. The molecule has 0 amide bonds. The summed E-state index contributed by atoms with van der Waals surface area (Å²) in [6, 6.07) is 5.89. The molecule has 1 unspecified atom stereocenters. The maximum absolute atomic E-state index is 5.76. The minimum Gasteiger partial charge on any atom is -0.357 e. The summed E-state index contributed by atoms with van der Waals surface area (Å²) in [4.78, 5) is 9.15. The predicted octanol–water partition coefficient (Wildman–Crippen LogP) is 3.95. The van der Waals surface area contributed by atoms with Gasteiger partial charge in [0.15, 0.2) is 0 Å². The van der Waals surface area contributed by atoms with Gasteiger partial charge < -0.3 is 4.74 Å². The van der Waals surface area contributed by atoms with Crippen LogP contribution in [0.5, 0.6) is 0 Å². The highest BCUT2D eigenvalue weighted by molar-refractivity contribution is 9.10. The molecule has 1 aliphatic rings. The van der Waals surface area contributed by atoms with Crippen molar-refractivity contribution in [3.8, 4) is 11.3 Å². The van der Waals surface area contributed by atoms with E-state index in [9.17, 15) is 0 Å². The summed E-state index contributed by atoms with van der Waals surface area (Å²) in [5, 5.41) is 4.43. The highest BCUT2D eigenvalue weighted by Gasteiger charge is 2.17. The molecule has 0 bridgehead atoms. The maximum atomic E-state index is 5.76. The molecule has 0 spiro atoms. The van der Waals surface area contributed by atoms with E-state index in [1.807, 2.05) is 35.3 Å². The lowest BCUT2D eigenvalue weighted by Gasteiger charge is -2.22. The van der Waals surface area contributed by atoms with Crippen molar-refractivity contribution >= 4 is 27.0 Å². The van der Waals surface area contributed by atoms with E-state index in [2.05, 4.69) is 31.0 Å². The topological polar surface area (TPSA) is 52.8 Å².